The normalized spacial score (nSPS) is 15.1. The van der Waals surface area contributed by atoms with Crippen LogP contribution in [0.25, 0.3) is 22.5 Å². The molecule has 132 valence electrons. The van der Waals surface area contributed by atoms with E-state index in [9.17, 15) is 5.11 Å². The van der Waals surface area contributed by atoms with Gasteiger partial charge in [-0.25, -0.2) is 9.97 Å². The Balaban J connectivity index is 1.56. The molecule has 1 aliphatic rings. The van der Waals surface area contributed by atoms with Gasteiger partial charge in [0.25, 0.3) is 0 Å². The lowest BCUT2D eigenvalue weighted by molar-refractivity contribution is 0.445. The standard InChI is InChI=1S/C19H20N6O/c1-13(14-4-6-20-7-5-14)19-22-11-17(23-24-19)16-3-2-15(10-18(16)26)25-9-8-21-12-25/h2-3,8-12,14,20,26H,1,4-7H2. The van der Waals surface area contributed by atoms with Crippen molar-refractivity contribution in [2.45, 2.75) is 12.8 Å². The predicted molar refractivity (Wildman–Crippen MR) is 98.7 cm³/mol. The molecule has 0 amide bonds. The van der Waals surface area contributed by atoms with Gasteiger partial charge in [0, 0.05) is 24.0 Å². The van der Waals surface area contributed by atoms with Crippen LogP contribution in [0.5, 0.6) is 5.75 Å². The third-order valence-electron chi connectivity index (χ3n) is 4.74. The summed E-state index contributed by atoms with van der Waals surface area (Å²) in [6.45, 7) is 6.14. The average Bonchev–Trinajstić information content (AvgIpc) is 3.23. The number of rotatable bonds is 4. The summed E-state index contributed by atoms with van der Waals surface area (Å²) in [5.41, 5.74) is 2.88. The third-order valence-corrected chi connectivity index (χ3v) is 4.74. The summed E-state index contributed by atoms with van der Waals surface area (Å²) >= 11 is 0. The van der Waals surface area contributed by atoms with Crippen molar-refractivity contribution in [2.24, 2.45) is 5.92 Å². The van der Waals surface area contributed by atoms with Crippen LogP contribution in [0, 0.1) is 5.92 Å². The molecule has 0 atom stereocenters. The second-order valence-corrected chi connectivity index (χ2v) is 6.39. The van der Waals surface area contributed by atoms with Gasteiger partial charge in [-0.2, -0.15) is 0 Å². The topological polar surface area (TPSA) is 88.8 Å². The lowest BCUT2D eigenvalue weighted by Gasteiger charge is -2.23. The quantitative estimate of drug-likeness (QED) is 0.753. The molecule has 0 bridgehead atoms. The number of phenols is 1. The predicted octanol–water partition coefficient (Wildman–Crippen LogP) is 2.44. The molecule has 7 heteroatoms. The first kappa shape index (κ1) is 16.4. The molecule has 1 aliphatic heterocycles. The van der Waals surface area contributed by atoms with E-state index in [0.29, 0.717) is 23.0 Å². The summed E-state index contributed by atoms with van der Waals surface area (Å²) in [6.07, 6.45) is 8.91. The van der Waals surface area contributed by atoms with Crippen molar-refractivity contribution in [1.82, 2.24) is 30.0 Å². The summed E-state index contributed by atoms with van der Waals surface area (Å²) in [5.74, 6) is 1.10. The largest absolute Gasteiger partial charge is 0.507 e. The monoisotopic (exact) mass is 348 g/mol. The van der Waals surface area contributed by atoms with E-state index in [1.165, 1.54) is 0 Å². The number of hydrogen-bond acceptors (Lipinski definition) is 6. The summed E-state index contributed by atoms with van der Waals surface area (Å²) < 4.78 is 1.82. The first-order valence-corrected chi connectivity index (χ1v) is 8.63. The summed E-state index contributed by atoms with van der Waals surface area (Å²) in [6, 6.07) is 5.36. The van der Waals surface area contributed by atoms with E-state index in [0.717, 1.165) is 37.2 Å². The number of aromatic hydroxyl groups is 1. The zero-order valence-corrected chi connectivity index (χ0v) is 14.3. The van der Waals surface area contributed by atoms with Crippen LogP contribution in [0.15, 0.2) is 49.7 Å². The Labute approximate surface area is 151 Å². The number of benzene rings is 1. The van der Waals surface area contributed by atoms with Crippen molar-refractivity contribution in [2.75, 3.05) is 13.1 Å². The van der Waals surface area contributed by atoms with Gasteiger partial charge in [0.15, 0.2) is 5.82 Å². The van der Waals surface area contributed by atoms with Gasteiger partial charge >= 0.3 is 0 Å². The fraction of sp³-hybridized carbons (Fsp3) is 0.263. The number of phenolic OH excluding ortho intramolecular Hbond substituents is 1. The van der Waals surface area contributed by atoms with Gasteiger partial charge in [0.05, 0.1) is 18.2 Å². The third kappa shape index (κ3) is 3.21. The smallest absolute Gasteiger partial charge is 0.177 e. The van der Waals surface area contributed by atoms with Crippen molar-refractivity contribution in [3.63, 3.8) is 0 Å². The summed E-state index contributed by atoms with van der Waals surface area (Å²) in [5, 5.41) is 22.2. The van der Waals surface area contributed by atoms with Gasteiger partial charge in [0.1, 0.15) is 11.4 Å². The first-order valence-electron chi connectivity index (χ1n) is 8.63. The Morgan fingerprint density at radius 3 is 2.73 bits per heavy atom. The lowest BCUT2D eigenvalue weighted by Crippen LogP contribution is -2.28. The molecule has 1 fully saturated rings. The number of piperidine rings is 1. The molecule has 7 nitrogen and oxygen atoms in total. The molecular formula is C19H20N6O. The minimum absolute atomic E-state index is 0.122. The van der Waals surface area contributed by atoms with E-state index in [1.54, 1.807) is 30.9 Å². The minimum Gasteiger partial charge on any atom is -0.507 e. The molecule has 0 aliphatic carbocycles. The van der Waals surface area contributed by atoms with Crippen molar-refractivity contribution < 1.29 is 5.11 Å². The lowest BCUT2D eigenvalue weighted by atomic mass is 9.90. The van der Waals surface area contributed by atoms with Crippen LogP contribution < -0.4 is 5.32 Å². The molecule has 4 rings (SSSR count). The number of imidazole rings is 1. The molecule has 2 N–H and O–H groups in total. The van der Waals surface area contributed by atoms with Crippen LogP contribution in [0.3, 0.4) is 0 Å². The Hall–Kier alpha value is -3.06. The Morgan fingerprint density at radius 2 is 2.08 bits per heavy atom. The first-order chi connectivity index (χ1) is 12.7. The molecular weight excluding hydrogens is 328 g/mol. The zero-order valence-electron chi connectivity index (χ0n) is 14.3. The highest BCUT2D eigenvalue weighted by Gasteiger charge is 2.19. The van der Waals surface area contributed by atoms with Gasteiger partial charge in [0.2, 0.25) is 0 Å². The van der Waals surface area contributed by atoms with Crippen LogP contribution in [-0.4, -0.2) is 42.9 Å². The molecule has 3 aromatic rings. The molecule has 3 heterocycles. The molecule has 2 aromatic heterocycles. The van der Waals surface area contributed by atoms with Crippen LogP contribution in [0.4, 0.5) is 0 Å². The Morgan fingerprint density at radius 1 is 1.23 bits per heavy atom. The maximum absolute atomic E-state index is 10.4. The van der Waals surface area contributed by atoms with Gasteiger partial charge in [-0.05, 0) is 49.6 Å². The Kier molecular flexibility index (Phi) is 4.45. The Bertz CT molecular complexity index is 898. The highest BCUT2D eigenvalue weighted by molar-refractivity contribution is 5.68. The average molecular weight is 348 g/mol. The van der Waals surface area contributed by atoms with Crippen LogP contribution in [-0.2, 0) is 0 Å². The molecule has 1 saturated heterocycles. The molecule has 0 spiro atoms. The molecule has 0 radical (unpaired) electrons. The van der Waals surface area contributed by atoms with E-state index in [1.807, 2.05) is 16.8 Å². The van der Waals surface area contributed by atoms with Crippen molar-refractivity contribution in [3.8, 4) is 22.7 Å². The minimum atomic E-state index is 0.122. The van der Waals surface area contributed by atoms with Gasteiger partial charge < -0.3 is 15.0 Å². The maximum Gasteiger partial charge on any atom is 0.177 e. The van der Waals surface area contributed by atoms with Gasteiger partial charge in [-0.3, -0.25) is 0 Å². The van der Waals surface area contributed by atoms with Crippen LogP contribution >= 0.6 is 0 Å². The fourth-order valence-electron chi connectivity index (χ4n) is 3.21. The van der Waals surface area contributed by atoms with Gasteiger partial charge in [-0.15, -0.1) is 10.2 Å². The zero-order chi connectivity index (χ0) is 17.9. The highest BCUT2D eigenvalue weighted by atomic mass is 16.3. The van der Waals surface area contributed by atoms with Crippen LogP contribution in [0.1, 0.15) is 18.7 Å². The molecule has 1 aromatic carbocycles. The molecule has 0 unspecified atom stereocenters. The highest BCUT2D eigenvalue weighted by Crippen LogP contribution is 2.30. The van der Waals surface area contributed by atoms with E-state index in [4.69, 9.17) is 0 Å². The van der Waals surface area contributed by atoms with Gasteiger partial charge in [-0.1, -0.05) is 6.58 Å². The van der Waals surface area contributed by atoms with Crippen molar-refractivity contribution >= 4 is 5.57 Å². The second-order valence-electron chi connectivity index (χ2n) is 6.39. The SMILES string of the molecule is C=C(c1ncc(-c2ccc(-n3ccnc3)cc2O)nn1)C1CCNCC1. The van der Waals surface area contributed by atoms with E-state index in [-0.39, 0.29) is 5.75 Å². The number of nitrogens with one attached hydrogen (secondary N) is 1. The maximum atomic E-state index is 10.4. The van der Waals surface area contributed by atoms with Crippen molar-refractivity contribution in [3.05, 3.63) is 55.5 Å². The summed E-state index contributed by atoms with van der Waals surface area (Å²) in [7, 11) is 0. The molecule has 0 saturated carbocycles. The summed E-state index contributed by atoms with van der Waals surface area (Å²) in [4.78, 5) is 8.43. The number of aromatic nitrogens is 5. The van der Waals surface area contributed by atoms with E-state index < -0.39 is 0 Å². The number of allylic oxidation sites excluding steroid dienone is 1. The van der Waals surface area contributed by atoms with E-state index in [2.05, 4.69) is 32.1 Å². The number of hydrogen-bond donors (Lipinski definition) is 2. The van der Waals surface area contributed by atoms with Crippen molar-refractivity contribution in [1.29, 1.82) is 0 Å². The fourth-order valence-corrected chi connectivity index (χ4v) is 3.21. The second kappa shape index (κ2) is 7.05. The van der Waals surface area contributed by atoms with Crippen LogP contribution in [0.2, 0.25) is 0 Å². The molecule has 26 heavy (non-hydrogen) atoms. The number of nitrogens with zero attached hydrogens (tertiary/aromatic N) is 5. The van der Waals surface area contributed by atoms with E-state index >= 15 is 0 Å².